The van der Waals surface area contributed by atoms with Crippen LogP contribution in [0.2, 0.25) is 5.02 Å². The minimum Gasteiger partial charge on any atom is -0.268 e. The number of rotatable bonds is 3. The Morgan fingerprint density at radius 3 is 2.50 bits per heavy atom. The first-order chi connectivity index (χ1) is 11.4. The number of aromatic nitrogens is 2. The fourth-order valence-electron chi connectivity index (χ4n) is 2.24. The van der Waals surface area contributed by atoms with Gasteiger partial charge in [-0.2, -0.15) is 0 Å². The molecular formula is C14H7ClN4O5. The second kappa shape index (κ2) is 5.70. The predicted octanol–water partition coefficient (Wildman–Crippen LogP) is 3.19. The number of carbonyl (C=O) groups excluding carboxylic acids is 1. The Kier molecular flexibility index (Phi) is 3.70. The number of hydrogen-bond donors (Lipinski definition) is 0. The zero-order chi connectivity index (χ0) is 17.4. The predicted molar refractivity (Wildman–Crippen MR) is 84.2 cm³/mol. The van der Waals surface area contributed by atoms with Crippen LogP contribution in [0.1, 0.15) is 10.4 Å². The van der Waals surface area contributed by atoms with Gasteiger partial charge in [-0.05, 0) is 12.1 Å². The molecule has 0 saturated heterocycles. The van der Waals surface area contributed by atoms with Gasteiger partial charge in [0.25, 0.3) is 17.3 Å². The van der Waals surface area contributed by atoms with Gasteiger partial charge in [0.2, 0.25) is 0 Å². The van der Waals surface area contributed by atoms with Gasteiger partial charge >= 0.3 is 0 Å². The Labute approximate surface area is 138 Å². The number of para-hydroxylation sites is 2. The molecule has 0 saturated carbocycles. The van der Waals surface area contributed by atoms with Crippen molar-refractivity contribution in [1.29, 1.82) is 0 Å². The van der Waals surface area contributed by atoms with E-state index in [0.29, 0.717) is 17.1 Å². The summed E-state index contributed by atoms with van der Waals surface area (Å²) in [4.78, 5) is 37.0. The van der Waals surface area contributed by atoms with Gasteiger partial charge < -0.3 is 0 Å². The van der Waals surface area contributed by atoms with Gasteiger partial charge in [0.1, 0.15) is 11.3 Å². The molecular weight excluding hydrogens is 340 g/mol. The molecule has 0 fully saturated rings. The highest BCUT2D eigenvalue weighted by atomic mass is 35.5. The maximum atomic E-state index is 12.7. The SMILES string of the molecule is O=C(c1cc([N+](=O)[O-])cc([N+](=O)[O-])c1Cl)n1cnc2ccccc21. The molecule has 0 N–H and O–H groups in total. The molecule has 2 aromatic carbocycles. The lowest BCUT2D eigenvalue weighted by Crippen LogP contribution is -2.12. The topological polar surface area (TPSA) is 121 Å². The Morgan fingerprint density at radius 1 is 1.12 bits per heavy atom. The van der Waals surface area contributed by atoms with Crippen LogP contribution in [0.3, 0.4) is 0 Å². The van der Waals surface area contributed by atoms with E-state index in [9.17, 15) is 25.0 Å². The zero-order valence-corrected chi connectivity index (χ0v) is 12.5. The number of halogens is 1. The minimum absolute atomic E-state index is 0.347. The highest BCUT2D eigenvalue weighted by Gasteiger charge is 2.27. The van der Waals surface area contributed by atoms with Gasteiger partial charge in [-0.1, -0.05) is 23.7 Å². The van der Waals surface area contributed by atoms with Crippen molar-refractivity contribution in [3.8, 4) is 0 Å². The summed E-state index contributed by atoms with van der Waals surface area (Å²) in [6, 6.07) is 8.34. The Hall–Kier alpha value is -3.33. The smallest absolute Gasteiger partial charge is 0.268 e. The molecule has 1 aromatic heterocycles. The van der Waals surface area contributed by atoms with Crippen molar-refractivity contribution in [2.45, 2.75) is 0 Å². The fourth-order valence-corrected chi connectivity index (χ4v) is 2.50. The lowest BCUT2D eigenvalue weighted by atomic mass is 10.1. The van der Waals surface area contributed by atoms with Crippen LogP contribution in [-0.2, 0) is 0 Å². The third kappa shape index (κ3) is 2.46. The van der Waals surface area contributed by atoms with Crippen LogP contribution in [0.25, 0.3) is 11.0 Å². The third-order valence-electron chi connectivity index (χ3n) is 3.35. The van der Waals surface area contributed by atoms with Crippen molar-refractivity contribution in [2.24, 2.45) is 0 Å². The molecule has 0 aliphatic rings. The Balaban J connectivity index is 2.23. The summed E-state index contributed by atoms with van der Waals surface area (Å²) in [5.41, 5.74) is -0.673. The van der Waals surface area contributed by atoms with Gasteiger partial charge in [-0.15, -0.1) is 0 Å². The van der Waals surface area contributed by atoms with E-state index < -0.39 is 32.2 Å². The van der Waals surface area contributed by atoms with E-state index in [2.05, 4.69) is 4.98 Å². The van der Waals surface area contributed by atoms with E-state index in [0.717, 1.165) is 10.6 Å². The van der Waals surface area contributed by atoms with Crippen molar-refractivity contribution in [2.75, 3.05) is 0 Å². The summed E-state index contributed by atoms with van der Waals surface area (Å²) in [5, 5.41) is 21.5. The first kappa shape index (κ1) is 15.6. The molecule has 0 spiro atoms. The largest absolute Gasteiger partial charge is 0.295 e. The van der Waals surface area contributed by atoms with E-state index in [1.54, 1.807) is 24.3 Å². The third-order valence-corrected chi connectivity index (χ3v) is 3.75. The van der Waals surface area contributed by atoms with Gasteiger partial charge in [0.15, 0.2) is 0 Å². The summed E-state index contributed by atoms with van der Waals surface area (Å²) in [6.07, 6.45) is 1.23. The average molecular weight is 347 g/mol. The number of benzene rings is 2. The van der Waals surface area contributed by atoms with E-state index in [4.69, 9.17) is 11.6 Å². The van der Waals surface area contributed by atoms with Crippen LogP contribution in [-0.4, -0.2) is 25.3 Å². The first-order valence-corrected chi connectivity index (χ1v) is 6.87. The maximum absolute atomic E-state index is 12.7. The number of carbonyl (C=O) groups is 1. The van der Waals surface area contributed by atoms with Crippen LogP contribution in [0.4, 0.5) is 11.4 Å². The molecule has 3 aromatic rings. The van der Waals surface area contributed by atoms with Crippen LogP contribution < -0.4 is 0 Å². The molecule has 24 heavy (non-hydrogen) atoms. The van der Waals surface area contributed by atoms with Crippen LogP contribution in [0.15, 0.2) is 42.7 Å². The lowest BCUT2D eigenvalue weighted by Gasteiger charge is -2.06. The quantitative estimate of drug-likeness (QED) is 0.530. The van der Waals surface area contributed by atoms with Crippen LogP contribution in [0.5, 0.6) is 0 Å². The second-order valence-corrected chi connectivity index (χ2v) is 5.13. The molecule has 0 radical (unpaired) electrons. The van der Waals surface area contributed by atoms with Gasteiger partial charge in [0.05, 0.1) is 32.5 Å². The van der Waals surface area contributed by atoms with Crippen LogP contribution >= 0.6 is 11.6 Å². The lowest BCUT2D eigenvalue weighted by molar-refractivity contribution is -0.394. The molecule has 9 nitrogen and oxygen atoms in total. The standard InChI is InChI=1S/C14H7ClN4O5/c15-13-9(5-8(18(21)22)6-12(13)19(23)24)14(20)17-7-16-10-3-1-2-4-11(10)17/h1-7H. The van der Waals surface area contributed by atoms with Crippen molar-refractivity contribution < 1.29 is 14.6 Å². The number of non-ortho nitro benzene ring substituents is 1. The second-order valence-electron chi connectivity index (χ2n) is 4.75. The maximum Gasteiger partial charge on any atom is 0.295 e. The molecule has 120 valence electrons. The average Bonchev–Trinajstić information content (AvgIpc) is 2.98. The molecule has 0 bridgehead atoms. The van der Waals surface area contributed by atoms with E-state index in [-0.39, 0.29) is 5.56 Å². The van der Waals surface area contributed by atoms with Crippen LogP contribution in [0, 0.1) is 20.2 Å². The number of nitro benzene ring substituents is 2. The minimum atomic E-state index is -0.877. The van der Waals surface area contributed by atoms with E-state index in [1.807, 2.05) is 0 Å². The number of hydrogen-bond acceptors (Lipinski definition) is 6. The van der Waals surface area contributed by atoms with Gasteiger partial charge in [0, 0.05) is 6.07 Å². The molecule has 10 heteroatoms. The monoisotopic (exact) mass is 346 g/mol. The number of nitrogens with zero attached hydrogens (tertiary/aromatic N) is 4. The molecule has 3 rings (SSSR count). The summed E-state index contributed by atoms with van der Waals surface area (Å²) in [7, 11) is 0. The zero-order valence-electron chi connectivity index (χ0n) is 11.7. The van der Waals surface area contributed by atoms with Crippen molar-refractivity contribution in [1.82, 2.24) is 9.55 Å². The number of fused-ring (bicyclic) bond motifs is 1. The number of imidazole rings is 1. The van der Waals surface area contributed by atoms with Crippen molar-refractivity contribution in [3.63, 3.8) is 0 Å². The normalized spacial score (nSPS) is 10.7. The Bertz CT molecular complexity index is 1010. The van der Waals surface area contributed by atoms with Crippen molar-refractivity contribution in [3.05, 3.63) is 73.5 Å². The summed E-state index contributed by atoms with van der Waals surface area (Å²) < 4.78 is 1.13. The van der Waals surface area contributed by atoms with E-state index >= 15 is 0 Å². The highest BCUT2D eigenvalue weighted by molar-refractivity contribution is 6.36. The Morgan fingerprint density at radius 2 is 1.83 bits per heavy atom. The fraction of sp³-hybridized carbons (Fsp3) is 0. The highest BCUT2D eigenvalue weighted by Crippen LogP contribution is 2.33. The molecule has 0 aliphatic carbocycles. The molecule has 0 unspecified atom stereocenters. The van der Waals surface area contributed by atoms with Crippen molar-refractivity contribution >= 4 is 39.9 Å². The summed E-state index contributed by atoms with van der Waals surface area (Å²) in [6.45, 7) is 0. The first-order valence-electron chi connectivity index (χ1n) is 6.49. The molecule has 0 aliphatic heterocycles. The molecule has 1 heterocycles. The summed E-state index contributed by atoms with van der Waals surface area (Å²) in [5.74, 6) is -0.750. The van der Waals surface area contributed by atoms with Gasteiger partial charge in [-0.25, -0.2) is 4.98 Å². The summed E-state index contributed by atoms with van der Waals surface area (Å²) >= 11 is 5.92. The van der Waals surface area contributed by atoms with Gasteiger partial charge in [-0.3, -0.25) is 29.6 Å². The van der Waals surface area contributed by atoms with E-state index in [1.165, 1.54) is 6.33 Å². The molecule has 0 amide bonds. The molecule has 0 atom stereocenters. The number of nitro groups is 2.